The Balaban J connectivity index is 1.64. The lowest BCUT2D eigenvalue weighted by Gasteiger charge is -2.24. The van der Waals surface area contributed by atoms with Gasteiger partial charge in [-0.1, -0.05) is 55.2 Å². The van der Waals surface area contributed by atoms with Crippen molar-refractivity contribution < 1.29 is 4.39 Å². The zero-order chi connectivity index (χ0) is 17.5. The molecule has 1 aliphatic carbocycles. The largest absolute Gasteiger partial charge is 0.247 e. The maximum atomic E-state index is 13.3. The van der Waals surface area contributed by atoms with E-state index in [0.29, 0.717) is 18.8 Å². The molecule has 0 unspecified atom stereocenters. The van der Waals surface area contributed by atoms with Crippen LogP contribution in [0.25, 0.3) is 6.08 Å². The van der Waals surface area contributed by atoms with Gasteiger partial charge in [-0.2, -0.15) is 0 Å². The fraction of sp³-hybridized carbons (Fsp3) is 0.333. The molecule has 1 aliphatic rings. The Hall–Kier alpha value is -2.33. The first-order valence-corrected chi connectivity index (χ1v) is 9.27. The Kier molecular flexibility index (Phi) is 6.07. The number of halogens is 1. The van der Waals surface area contributed by atoms with Gasteiger partial charge in [-0.3, -0.25) is 0 Å². The number of allylic oxidation sites excluding steroid dienone is 1. The lowest BCUT2D eigenvalue weighted by Crippen LogP contribution is -2.13. The lowest BCUT2D eigenvalue weighted by atomic mass is 9.83. The summed E-state index contributed by atoms with van der Waals surface area (Å²) in [5, 5.41) is 0. The van der Waals surface area contributed by atoms with Crippen LogP contribution in [0.3, 0.4) is 0 Å². The predicted octanol–water partition coefficient (Wildman–Crippen LogP) is 6.51. The van der Waals surface area contributed by atoms with Crippen LogP contribution in [0.15, 0.2) is 54.6 Å². The number of hydrogen-bond acceptors (Lipinski definition) is 0. The standard InChI is InChI=1S/C24H25F/c1-2-3-4-19-5-7-20(8-6-19)9-10-21-11-13-22(14-12-21)23-15-17-24(25)18-16-23/h3-8,11-14,23-24H,2,15-18H2,1H3/b4-3+. The number of benzene rings is 2. The highest BCUT2D eigenvalue weighted by atomic mass is 19.1. The van der Waals surface area contributed by atoms with Crippen molar-refractivity contribution in [3.8, 4) is 11.8 Å². The van der Waals surface area contributed by atoms with Crippen LogP contribution in [0.1, 0.15) is 67.2 Å². The summed E-state index contributed by atoms with van der Waals surface area (Å²) in [6, 6.07) is 16.8. The fourth-order valence-electron chi connectivity index (χ4n) is 3.30. The Morgan fingerprint density at radius 3 is 2.00 bits per heavy atom. The number of alkyl halides is 1. The van der Waals surface area contributed by atoms with Crippen molar-refractivity contribution in [1.82, 2.24) is 0 Å². The van der Waals surface area contributed by atoms with Crippen molar-refractivity contribution in [2.45, 2.75) is 51.1 Å². The molecule has 1 saturated carbocycles. The van der Waals surface area contributed by atoms with Crippen molar-refractivity contribution in [2.24, 2.45) is 0 Å². The summed E-state index contributed by atoms with van der Waals surface area (Å²) >= 11 is 0. The van der Waals surface area contributed by atoms with Crippen molar-refractivity contribution in [1.29, 1.82) is 0 Å². The second-order valence-corrected chi connectivity index (χ2v) is 6.75. The SMILES string of the molecule is CC/C=C/c1ccc(C#Cc2ccc(C3CCC(F)CC3)cc2)cc1. The zero-order valence-electron chi connectivity index (χ0n) is 14.8. The van der Waals surface area contributed by atoms with Gasteiger partial charge in [0.1, 0.15) is 6.17 Å². The summed E-state index contributed by atoms with van der Waals surface area (Å²) in [6.45, 7) is 2.13. The second kappa shape index (κ2) is 8.67. The summed E-state index contributed by atoms with van der Waals surface area (Å²) in [6.07, 6.45) is 8.08. The van der Waals surface area contributed by atoms with Crippen LogP contribution >= 0.6 is 0 Å². The summed E-state index contributed by atoms with van der Waals surface area (Å²) in [5.74, 6) is 6.97. The van der Waals surface area contributed by atoms with Crippen LogP contribution in [0, 0.1) is 11.8 Å². The van der Waals surface area contributed by atoms with Gasteiger partial charge < -0.3 is 0 Å². The summed E-state index contributed by atoms with van der Waals surface area (Å²) in [4.78, 5) is 0. The number of rotatable bonds is 3. The maximum Gasteiger partial charge on any atom is 0.100 e. The van der Waals surface area contributed by atoms with E-state index in [1.54, 1.807) is 0 Å². The van der Waals surface area contributed by atoms with Gasteiger partial charge in [0, 0.05) is 11.1 Å². The molecular weight excluding hydrogens is 307 g/mol. The van der Waals surface area contributed by atoms with E-state index in [1.165, 1.54) is 11.1 Å². The summed E-state index contributed by atoms with van der Waals surface area (Å²) < 4.78 is 13.3. The highest BCUT2D eigenvalue weighted by Gasteiger charge is 2.21. The van der Waals surface area contributed by atoms with Gasteiger partial charge in [-0.15, -0.1) is 0 Å². The topological polar surface area (TPSA) is 0 Å². The first-order valence-electron chi connectivity index (χ1n) is 9.27. The average molecular weight is 332 g/mol. The van der Waals surface area contributed by atoms with Crippen LogP contribution in [-0.4, -0.2) is 6.17 Å². The molecular formula is C24H25F. The Bertz CT molecular complexity index is 748. The van der Waals surface area contributed by atoms with Gasteiger partial charge in [0.15, 0.2) is 0 Å². The van der Waals surface area contributed by atoms with Gasteiger partial charge in [0.2, 0.25) is 0 Å². The van der Waals surface area contributed by atoms with Gasteiger partial charge in [0.25, 0.3) is 0 Å². The molecule has 25 heavy (non-hydrogen) atoms. The van der Waals surface area contributed by atoms with E-state index in [9.17, 15) is 4.39 Å². The molecule has 1 heteroatoms. The smallest absolute Gasteiger partial charge is 0.100 e. The third-order valence-electron chi connectivity index (χ3n) is 4.85. The molecule has 0 bridgehead atoms. The monoisotopic (exact) mass is 332 g/mol. The molecule has 0 spiro atoms. The molecule has 3 rings (SSSR count). The van der Waals surface area contributed by atoms with E-state index >= 15 is 0 Å². The molecule has 128 valence electrons. The molecule has 0 saturated heterocycles. The van der Waals surface area contributed by atoms with E-state index in [2.05, 4.69) is 79.4 Å². The van der Waals surface area contributed by atoms with Crippen molar-refractivity contribution in [3.63, 3.8) is 0 Å². The van der Waals surface area contributed by atoms with Crippen LogP contribution in [0.4, 0.5) is 4.39 Å². The molecule has 0 nitrogen and oxygen atoms in total. The van der Waals surface area contributed by atoms with Crippen LogP contribution < -0.4 is 0 Å². The molecule has 0 heterocycles. The van der Waals surface area contributed by atoms with E-state index in [0.717, 1.165) is 30.4 Å². The minimum Gasteiger partial charge on any atom is -0.247 e. The second-order valence-electron chi connectivity index (χ2n) is 6.75. The van der Waals surface area contributed by atoms with E-state index < -0.39 is 6.17 Å². The van der Waals surface area contributed by atoms with Crippen LogP contribution in [0.2, 0.25) is 0 Å². The molecule has 2 aromatic rings. The first kappa shape index (κ1) is 17.5. The highest BCUT2D eigenvalue weighted by Crippen LogP contribution is 2.33. The Morgan fingerprint density at radius 2 is 1.44 bits per heavy atom. The van der Waals surface area contributed by atoms with Crippen molar-refractivity contribution in [2.75, 3.05) is 0 Å². The summed E-state index contributed by atoms with van der Waals surface area (Å²) in [5.41, 5.74) is 4.58. The van der Waals surface area contributed by atoms with Crippen molar-refractivity contribution in [3.05, 3.63) is 76.9 Å². The molecule has 1 fully saturated rings. The minimum absolute atomic E-state index is 0.512. The fourth-order valence-corrected chi connectivity index (χ4v) is 3.30. The normalized spacial score (nSPS) is 20.2. The predicted molar refractivity (Wildman–Crippen MR) is 104 cm³/mol. The first-order chi connectivity index (χ1) is 12.2. The van der Waals surface area contributed by atoms with Crippen molar-refractivity contribution >= 4 is 6.08 Å². The quantitative estimate of drug-likeness (QED) is 0.562. The molecule has 0 radical (unpaired) electrons. The van der Waals surface area contributed by atoms with Crippen LogP contribution in [0.5, 0.6) is 0 Å². The third-order valence-corrected chi connectivity index (χ3v) is 4.85. The lowest BCUT2D eigenvalue weighted by molar-refractivity contribution is 0.235. The van der Waals surface area contributed by atoms with E-state index in [4.69, 9.17) is 0 Å². The van der Waals surface area contributed by atoms with Gasteiger partial charge in [0.05, 0.1) is 0 Å². The minimum atomic E-state index is -0.592. The summed E-state index contributed by atoms with van der Waals surface area (Å²) in [7, 11) is 0. The Labute approximate surface area is 150 Å². The van der Waals surface area contributed by atoms with Gasteiger partial charge >= 0.3 is 0 Å². The Morgan fingerprint density at radius 1 is 0.880 bits per heavy atom. The average Bonchev–Trinajstić information content (AvgIpc) is 2.67. The molecule has 2 aromatic carbocycles. The maximum absolute atomic E-state index is 13.3. The van der Waals surface area contributed by atoms with Crippen LogP contribution in [-0.2, 0) is 0 Å². The third kappa shape index (κ3) is 5.07. The molecule has 0 amide bonds. The van der Waals surface area contributed by atoms with E-state index in [1.807, 2.05) is 0 Å². The number of hydrogen-bond donors (Lipinski definition) is 0. The molecule has 0 atom stereocenters. The van der Waals surface area contributed by atoms with E-state index in [-0.39, 0.29) is 0 Å². The molecule has 0 aliphatic heterocycles. The van der Waals surface area contributed by atoms with Gasteiger partial charge in [-0.05, 0) is 73.4 Å². The van der Waals surface area contributed by atoms with Gasteiger partial charge in [-0.25, -0.2) is 4.39 Å². The highest BCUT2D eigenvalue weighted by molar-refractivity contribution is 5.52. The molecule has 0 aromatic heterocycles. The molecule has 0 N–H and O–H groups in total. The zero-order valence-corrected chi connectivity index (χ0v) is 14.8.